The van der Waals surface area contributed by atoms with Gasteiger partial charge in [0.25, 0.3) is 0 Å². The molecule has 0 aromatic heterocycles. The first-order valence-electron chi connectivity index (χ1n) is 35.6. The zero-order chi connectivity index (χ0) is 61.7. The fraction of sp³-hybridized carbons (Fsp3) is 0.760. The number of hydrazine groups is 1. The van der Waals surface area contributed by atoms with Crippen molar-refractivity contribution in [3.05, 3.63) is 51.6 Å². The van der Waals surface area contributed by atoms with Gasteiger partial charge in [0, 0.05) is 53.5 Å². The Labute approximate surface area is 529 Å². The summed E-state index contributed by atoms with van der Waals surface area (Å²) >= 11 is 0. The van der Waals surface area contributed by atoms with Crippen molar-refractivity contribution in [2.75, 3.05) is 26.4 Å². The van der Waals surface area contributed by atoms with Crippen LogP contribution in [0.1, 0.15) is 232 Å². The summed E-state index contributed by atoms with van der Waals surface area (Å²) in [6.45, 7) is 3.09. The third kappa shape index (κ3) is 7.31. The number of nitrogens with one attached hydrogen (secondary N) is 2. The highest BCUT2D eigenvalue weighted by atomic mass is 16.7. The summed E-state index contributed by atoms with van der Waals surface area (Å²) in [4.78, 5) is 26.2. The second-order valence-electron chi connectivity index (χ2n) is 34.5. The van der Waals surface area contributed by atoms with Crippen LogP contribution >= 0.6 is 0 Å². The number of carboxylic acid groups (broad SMARTS) is 1. The predicted molar refractivity (Wildman–Crippen MR) is 333 cm³/mol. The summed E-state index contributed by atoms with van der Waals surface area (Å²) in [5, 5.41) is 86.3. The smallest absolute Gasteiger partial charge is 0.335 e. The molecule has 3 saturated heterocycles. The van der Waals surface area contributed by atoms with Crippen molar-refractivity contribution in [1.82, 2.24) is 10.9 Å². The van der Waals surface area contributed by atoms with Crippen LogP contribution in [-0.2, 0) is 14.2 Å². The van der Waals surface area contributed by atoms with Gasteiger partial charge in [-0.15, -0.1) is 0 Å². The molecule has 10 saturated carbocycles. The topological polar surface area (TPSA) is 237 Å². The van der Waals surface area contributed by atoms with Crippen molar-refractivity contribution in [3.63, 3.8) is 0 Å². The van der Waals surface area contributed by atoms with E-state index in [1.807, 2.05) is 0 Å². The summed E-state index contributed by atoms with van der Waals surface area (Å²) in [5.41, 5.74) is 7.07. The lowest BCUT2D eigenvalue weighted by atomic mass is 9.38. The first-order chi connectivity index (χ1) is 43.2. The number of phenols is 2. The molecule has 18 unspecified atom stereocenters. The van der Waals surface area contributed by atoms with E-state index in [4.69, 9.17) is 18.9 Å². The lowest BCUT2D eigenvalue weighted by Crippen LogP contribution is -2.82. The molecule has 0 radical (unpaired) electrons. The number of aromatic carboxylic acids is 1. The molecule has 15 nitrogen and oxygen atoms in total. The van der Waals surface area contributed by atoms with E-state index in [-0.39, 0.29) is 91.7 Å². The third-order valence-corrected chi connectivity index (χ3v) is 30.8. The fourth-order valence-corrected chi connectivity index (χ4v) is 28.1. The number of benzene rings is 2. The Morgan fingerprint density at radius 2 is 1.54 bits per heavy atom. The lowest BCUT2D eigenvalue weighted by Gasteiger charge is -2.72. The molecule has 10 spiro atoms. The minimum atomic E-state index is -2.09. The number of hydrogen-bond donors (Lipinski definition) is 9. The molecule has 2 aromatic carbocycles. The monoisotopic (exact) mass is 1230 g/mol. The molecule has 90 heavy (non-hydrogen) atoms. The van der Waals surface area contributed by atoms with Gasteiger partial charge in [-0.25, -0.2) is 4.79 Å². The molecule has 16 aliphatic rings. The molecular weight excluding hydrogens is 1140 g/mol. The highest BCUT2D eigenvalue weighted by Gasteiger charge is 2.81. The average Bonchev–Trinajstić information content (AvgIpc) is 1.29. The number of carboxylic acids is 1. The Morgan fingerprint density at radius 1 is 0.789 bits per heavy atom. The van der Waals surface area contributed by atoms with Crippen LogP contribution < -0.4 is 15.6 Å². The van der Waals surface area contributed by atoms with Crippen molar-refractivity contribution in [2.24, 2.45) is 67.0 Å². The first-order valence-corrected chi connectivity index (χ1v) is 35.6. The Balaban J connectivity index is 0.834. The van der Waals surface area contributed by atoms with E-state index < -0.39 is 76.1 Å². The van der Waals surface area contributed by atoms with Crippen molar-refractivity contribution < 1.29 is 64.3 Å². The number of ketones is 1. The molecular formula is C75H96N2O13. The minimum absolute atomic E-state index is 0.00293. The van der Waals surface area contributed by atoms with Gasteiger partial charge >= 0.3 is 5.97 Å². The van der Waals surface area contributed by atoms with Crippen molar-refractivity contribution in [1.29, 1.82) is 0 Å². The van der Waals surface area contributed by atoms with Gasteiger partial charge < -0.3 is 54.7 Å². The molecule has 18 rings (SSSR count). The van der Waals surface area contributed by atoms with E-state index in [9.17, 15) is 45.3 Å². The number of rotatable bonds is 7. The summed E-state index contributed by atoms with van der Waals surface area (Å²) in [6, 6.07) is 2.60. The van der Waals surface area contributed by atoms with Gasteiger partial charge in [0.15, 0.2) is 11.4 Å². The number of fused-ring (bicyclic) bond motifs is 3. The number of carbonyl (C=O) groups is 2. The van der Waals surface area contributed by atoms with Gasteiger partial charge in [-0.1, -0.05) is 50.0 Å². The van der Waals surface area contributed by atoms with Crippen LogP contribution in [0.15, 0.2) is 34.9 Å². The summed E-state index contributed by atoms with van der Waals surface area (Å²) in [6.07, 6.45) is 30.6. The number of hydrogen-bond acceptors (Lipinski definition) is 14. The Morgan fingerprint density at radius 3 is 2.32 bits per heavy atom. The number of carbonyl (C=O) groups excluding carboxylic acids is 1. The standard InChI is InChI=1S/C75H96N2O13/c1-43-54(44(2)80)58(82)55-48(57(43)81)28-45(62(85)86)29-52(55)88-63-59(83)61(84)75-31-51-56-49(12-13-50(56)72(90-75)20-9-18-66(38-72)22-24-67(34-66)19-7-10-47(67)11-8-21-73(75,41-79)89-63)71(26-27-78)42-87-33-46-30-68-39-70(32-53(68)76-77-74(51,40-68)60(46)71)37-65(16-5-6-17-65)36-69(70)25-23-64(35-69)14-3-4-15-64/h12,28-29,46-47,51,53,59-61,63,76-79,81-84H,3-7,9-11,13-20,22-27,30-42H2,1-2H3,(H,85,86). The maximum Gasteiger partial charge on any atom is 0.335 e. The summed E-state index contributed by atoms with van der Waals surface area (Å²) in [5.74, 6) is 4.16. The van der Waals surface area contributed by atoms with Gasteiger partial charge in [0.1, 0.15) is 35.1 Å². The van der Waals surface area contributed by atoms with Crippen LogP contribution in [-0.4, -0.2) is 121 Å². The molecule has 2 aromatic rings. The third-order valence-electron chi connectivity index (χ3n) is 30.8. The highest BCUT2D eigenvalue weighted by Crippen LogP contribution is 2.83. The van der Waals surface area contributed by atoms with Gasteiger partial charge in [0.05, 0.1) is 35.3 Å². The number of aliphatic hydroxyl groups excluding tert-OH is 4. The second-order valence-corrected chi connectivity index (χ2v) is 34.5. The SMILES string of the molecule is CC(=O)c1c(C)c(O)c2cc(C(=O)O)cc(OC3OC4(CO)C#CCC5CCCC56CCC5(CCCC7(C5)OC4(CC4C5=C7CC=C5C5(CCO)COCC7CC89CC4(NNC8CC4(CC8(CCCC8)CC48CCC4(CCCC4)C8)C9)C75)C(O)C3O)C6)c2c1O. The molecule has 5 heterocycles. The number of phenolic OH excluding ortho intramolecular Hbond substituents is 2. The zero-order valence-corrected chi connectivity index (χ0v) is 53.2. The van der Waals surface area contributed by atoms with E-state index in [0.717, 1.165) is 70.3 Å². The average molecular weight is 1230 g/mol. The predicted octanol–water partition coefficient (Wildman–Crippen LogP) is 11.2. The van der Waals surface area contributed by atoms with Crippen LogP contribution in [0.4, 0.5) is 0 Å². The van der Waals surface area contributed by atoms with E-state index in [1.165, 1.54) is 133 Å². The molecule has 5 aliphatic heterocycles. The maximum absolute atomic E-state index is 14.2. The molecule has 9 N–H and O–H groups in total. The molecule has 18 atom stereocenters. The summed E-state index contributed by atoms with van der Waals surface area (Å²) < 4.78 is 29.8. The summed E-state index contributed by atoms with van der Waals surface area (Å²) in [7, 11) is 0. The van der Waals surface area contributed by atoms with Gasteiger partial charge in [-0.3, -0.25) is 15.6 Å². The lowest BCUT2D eigenvalue weighted by molar-refractivity contribution is -0.370. The normalized spacial score (nSPS) is 47.5. The van der Waals surface area contributed by atoms with Crippen LogP contribution in [0, 0.1) is 85.8 Å². The Kier molecular flexibility index (Phi) is 12.4. The Hall–Kier alpha value is -4.08. The minimum Gasteiger partial charge on any atom is -0.507 e. The molecule has 15 heteroatoms. The van der Waals surface area contributed by atoms with Crippen LogP contribution in [0.5, 0.6) is 17.2 Å². The zero-order valence-electron chi connectivity index (χ0n) is 53.2. The van der Waals surface area contributed by atoms with Crippen LogP contribution in [0.3, 0.4) is 0 Å². The van der Waals surface area contributed by atoms with Gasteiger partial charge in [-0.05, 0) is 259 Å². The highest BCUT2D eigenvalue weighted by molar-refractivity contribution is 6.11. The molecule has 0 amide bonds. The molecule has 6 bridgehead atoms. The van der Waals surface area contributed by atoms with Crippen LogP contribution in [0.2, 0.25) is 0 Å². The maximum atomic E-state index is 14.2. The number of aromatic hydroxyl groups is 2. The number of ether oxygens (including phenoxy) is 4. The van der Waals surface area contributed by atoms with E-state index in [0.29, 0.717) is 67.5 Å². The number of allylic oxidation sites excluding steroid dienone is 1. The van der Waals surface area contributed by atoms with Gasteiger partial charge in [0.2, 0.25) is 6.29 Å². The van der Waals surface area contributed by atoms with Gasteiger partial charge in [-0.2, -0.15) is 0 Å². The number of aliphatic hydroxyl groups is 4. The van der Waals surface area contributed by atoms with E-state index in [1.54, 1.807) is 0 Å². The van der Waals surface area contributed by atoms with Crippen molar-refractivity contribution in [3.8, 4) is 29.1 Å². The first kappa shape index (κ1) is 58.5. The van der Waals surface area contributed by atoms with Crippen molar-refractivity contribution in [2.45, 2.75) is 260 Å². The molecule has 13 fully saturated rings. The number of Topliss-reactive ketones (excluding diaryl/α,β-unsaturated/α-hetero) is 1. The van der Waals surface area contributed by atoms with E-state index in [2.05, 4.69) is 28.8 Å². The van der Waals surface area contributed by atoms with Crippen LogP contribution in [0.25, 0.3) is 10.8 Å². The fourth-order valence-electron chi connectivity index (χ4n) is 28.1. The molecule has 484 valence electrons. The Bertz CT molecular complexity index is 3590. The quantitative estimate of drug-likeness (QED) is 0.0712. The molecule has 11 aliphatic carbocycles. The van der Waals surface area contributed by atoms with E-state index >= 15 is 0 Å². The second kappa shape index (κ2) is 19.1. The largest absolute Gasteiger partial charge is 0.507 e. The van der Waals surface area contributed by atoms with Crippen molar-refractivity contribution >= 4 is 22.5 Å².